The molecule has 0 heterocycles. The molecule has 0 saturated heterocycles. The molecule has 0 fully saturated rings. The van der Waals surface area contributed by atoms with Crippen molar-refractivity contribution in [3.8, 4) is 5.75 Å². The summed E-state index contributed by atoms with van der Waals surface area (Å²) < 4.78 is 18.1. The number of halogens is 3. The number of hydrogen-bond acceptors (Lipinski definition) is 1. The standard InChI is InChI=1S/C13H15Cl2FO/c1-13(2,7-8-16)12(9-14)17-11-5-3-10(15)4-6-11/h3-6,9H,7-8H2,1-2H3/b12-9-. The normalized spacial score (nSPS) is 12.6. The van der Waals surface area contributed by atoms with Crippen LogP contribution in [0.5, 0.6) is 5.75 Å². The first kappa shape index (κ1) is 14.3. The smallest absolute Gasteiger partial charge is 0.127 e. The molecule has 1 nitrogen and oxygen atoms in total. The zero-order valence-electron chi connectivity index (χ0n) is 9.84. The van der Waals surface area contributed by atoms with Crippen molar-refractivity contribution in [1.29, 1.82) is 0 Å². The summed E-state index contributed by atoms with van der Waals surface area (Å²) in [5, 5.41) is 0.636. The van der Waals surface area contributed by atoms with Crippen LogP contribution in [0.25, 0.3) is 0 Å². The first-order chi connectivity index (χ1) is 7.99. The Hall–Kier alpha value is -0.730. The number of alkyl halides is 1. The number of hydrogen-bond donors (Lipinski definition) is 0. The number of rotatable bonds is 5. The van der Waals surface area contributed by atoms with E-state index in [9.17, 15) is 4.39 Å². The summed E-state index contributed by atoms with van der Waals surface area (Å²) in [6, 6.07) is 6.94. The maximum atomic E-state index is 12.4. The van der Waals surface area contributed by atoms with Gasteiger partial charge in [0.1, 0.15) is 11.5 Å². The molecule has 94 valence electrons. The molecule has 0 bridgehead atoms. The predicted molar refractivity (Wildman–Crippen MR) is 70.4 cm³/mol. The van der Waals surface area contributed by atoms with Crippen LogP contribution >= 0.6 is 23.2 Å². The molecule has 0 aliphatic heterocycles. The summed E-state index contributed by atoms with van der Waals surface area (Å²) >= 11 is 11.5. The molecule has 0 aliphatic carbocycles. The Morgan fingerprint density at radius 3 is 2.41 bits per heavy atom. The molecule has 0 aromatic heterocycles. The van der Waals surface area contributed by atoms with Crippen LogP contribution in [-0.2, 0) is 0 Å². The van der Waals surface area contributed by atoms with Gasteiger partial charge < -0.3 is 4.74 Å². The monoisotopic (exact) mass is 276 g/mol. The van der Waals surface area contributed by atoms with E-state index in [0.717, 1.165) is 0 Å². The quantitative estimate of drug-likeness (QED) is 0.673. The summed E-state index contributed by atoms with van der Waals surface area (Å²) in [5.74, 6) is 1.17. The Balaban J connectivity index is 2.81. The van der Waals surface area contributed by atoms with Crippen LogP contribution in [-0.4, -0.2) is 6.67 Å². The average molecular weight is 277 g/mol. The van der Waals surface area contributed by atoms with Crippen molar-refractivity contribution in [2.24, 2.45) is 5.41 Å². The van der Waals surface area contributed by atoms with E-state index in [1.165, 1.54) is 5.54 Å². The van der Waals surface area contributed by atoms with Gasteiger partial charge in [-0.05, 0) is 30.7 Å². The Morgan fingerprint density at radius 2 is 1.94 bits per heavy atom. The predicted octanol–water partition coefficient (Wildman–Crippen LogP) is 5.18. The third-order valence-electron chi connectivity index (χ3n) is 2.53. The Labute approximate surface area is 111 Å². The van der Waals surface area contributed by atoms with Crippen molar-refractivity contribution < 1.29 is 9.13 Å². The third-order valence-corrected chi connectivity index (χ3v) is 2.98. The second-order valence-electron chi connectivity index (χ2n) is 4.35. The third kappa shape index (κ3) is 4.21. The topological polar surface area (TPSA) is 9.23 Å². The SMILES string of the molecule is CC(C)(CCF)/C(=C/Cl)Oc1ccc(Cl)cc1. The highest BCUT2D eigenvalue weighted by Gasteiger charge is 2.25. The molecule has 0 N–H and O–H groups in total. The molecular weight excluding hydrogens is 262 g/mol. The van der Waals surface area contributed by atoms with Gasteiger partial charge in [0.05, 0.1) is 6.67 Å². The number of benzene rings is 1. The molecule has 0 aliphatic rings. The summed E-state index contributed by atoms with van der Waals surface area (Å²) in [6.45, 7) is 3.36. The van der Waals surface area contributed by atoms with Gasteiger partial charge in [0, 0.05) is 16.0 Å². The number of ether oxygens (including phenoxy) is 1. The first-order valence-electron chi connectivity index (χ1n) is 5.30. The van der Waals surface area contributed by atoms with Crippen molar-refractivity contribution in [3.05, 3.63) is 40.6 Å². The van der Waals surface area contributed by atoms with Crippen molar-refractivity contribution in [2.75, 3.05) is 6.67 Å². The summed E-state index contributed by atoms with van der Waals surface area (Å²) in [7, 11) is 0. The zero-order chi connectivity index (χ0) is 12.9. The summed E-state index contributed by atoms with van der Waals surface area (Å²) in [4.78, 5) is 0. The molecule has 0 spiro atoms. The van der Waals surface area contributed by atoms with E-state index in [0.29, 0.717) is 23.0 Å². The maximum absolute atomic E-state index is 12.4. The fourth-order valence-electron chi connectivity index (χ4n) is 1.30. The van der Waals surface area contributed by atoms with Gasteiger partial charge in [0.25, 0.3) is 0 Å². The minimum Gasteiger partial charge on any atom is -0.460 e. The second-order valence-corrected chi connectivity index (χ2v) is 5.01. The van der Waals surface area contributed by atoms with Crippen LogP contribution in [0.15, 0.2) is 35.6 Å². The lowest BCUT2D eigenvalue weighted by atomic mass is 9.88. The molecule has 0 unspecified atom stereocenters. The highest BCUT2D eigenvalue weighted by atomic mass is 35.5. The highest BCUT2D eigenvalue weighted by molar-refractivity contribution is 6.30. The van der Waals surface area contributed by atoms with Gasteiger partial charge in [0.15, 0.2) is 0 Å². The summed E-state index contributed by atoms with van der Waals surface area (Å²) in [6.07, 6.45) is 0.360. The van der Waals surface area contributed by atoms with Gasteiger partial charge in [-0.15, -0.1) is 0 Å². The van der Waals surface area contributed by atoms with Crippen LogP contribution in [0.4, 0.5) is 4.39 Å². The van der Waals surface area contributed by atoms with Gasteiger partial charge in [-0.3, -0.25) is 4.39 Å². The van der Waals surface area contributed by atoms with Crippen LogP contribution < -0.4 is 4.74 Å². The maximum Gasteiger partial charge on any atom is 0.127 e. The molecule has 17 heavy (non-hydrogen) atoms. The van der Waals surface area contributed by atoms with Gasteiger partial charge in [-0.1, -0.05) is 37.0 Å². The van der Waals surface area contributed by atoms with Gasteiger partial charge in [0.2, 0.25) is 0 Å². The van der Waals surface area contributed by atoms with Gasteiger partial charge >= 0.3 is 0 Å². The molecule has 0 atom stereocenters. The molecule has 0 saturated carbocycles. The van der Waals surface area contributed by atoms with Crippen LogP contribution in [0.1, 0.15) is 20.3 Å². The average Bonchev–Trinajstić information content (AvgIpc) is 2.28. The second kappa shape index (κ2) is 6.27. The van der Waals surface area contributed by atoms with E-state index >= 15 is 0 Å². The zero-order valence-corrected chi connectivity index (χ0v) is 11.4. The van der Waals surface area contributed by atoms with Crippen molar-refractivity contribution in [2.45, 2.75) is 20.3 Å². The Kier molecular flexibility index (Phi) is 5.29. The minimum atomic E-state index is -0.434. The highest BCUT2D eigenvalue weighted by Crippen LogP contribution is 2.33. The largest absolute Gasteiger partial charge is 0.460 e. The van der Waals surface area contributed by atoms with Gasteiger partial charge in [-0.2, -0.15) is 0 Å². The lowest BCUT2D eigenvalue weighted by Crippen LogP contribution is -2.19. The molecule has 4 heteroatoms. The van der Waals surface area contributed by atoms with Gasteiger partial charge in [-0.25, -0.2) is 0 Å². The van der Waals surface area contributed by atoms with E-state index in [4.69, 9.17) is 27.9 Å². The van der Waals surface area contributed by atoms with Crippen LogP contribution in [0.3, 0.4) is 0 Å². The van der Waals surface area contributed by atoms with Crippen LogP contribution in [0.2, 0.25) is 5.02 Å². The van der Waals surface area contributed by atoms with Crippen molar-refractivity contribution in [3.63, 3.8) is 0 Å². The molecule has 1 aromatic carbocycles. The van der Waals surface area contributed by atoms with Crippen molar-refractivity contribution >= 4 is 23.2 Å². The van der Waals surface area contributed by atoms with E-state index in [-0.39, 0.29) is 0 Å². The lowest BCUT2D eigenvalue weighted by molar-refractivity contribution is 0.239. The molecule has 0 radical (unpaired) electrons. The Morgan fingerprint density at radius 1 is 1.35 bits per heavy atom. The molecular formula is C13H15Cl2FO. The first-order valence-corrected chi connectivity index (χ1v) is 6.11. The van der Waals surface area contributed by atoms with E-state index in [1.807, 2.05) is 13.8 Å². The van der Waals surface area contributed by atoms with Crippen LogP contribution in [0, 0.1) is 5.41 Å². The Bertz CT molecular complexity index is 385. The van der Waals surface area contributed by atoms with Crippen molar-refractivity contribution in [1.82, 2.24) is 0 Å². The molecule has 0 amide bonds. The fourth-order valence-corrected chi connectivity index (χ4v) is 1.76. The summed E-state index contributed by atoms with van der Waals surface area (Å²) in [5.41, 5.74) is 0.917. The van der Waals surface area contributed by atoms with E-state index in [2.05, 4.69) is 0 Å². The minimum absolute atomic E-state index is 0.360. The molecule has 1 rings (SSSR count). The number of allylic oxidation sites excluding steroid dienone is 1. The molecule has 1 aromatic rings. The lowest BCUT2D eigenvalue weighted by Gasteiger charge is -2.26. The van der Waals surface area contributed by atoms with E-state index in [1.54, 1.807) is 24.3 Å². The van der Waals surface area contributed by atoms with E-state index < -0.39 is 12.1 Å². The fraction of sp³-hybridized carbons (Fsp3) is 0.385.